The molecule has 0 aliphatic heterocycles. The third kappa shape index (κ3) is 2.20. The third-order valence-corrected chi connectivity index (χ3v) is 2.51. The highest BCUT2D eigenvalue weighted by Gasteiger charge is 2.24. The van der Waals surface area contributed by atoms with Crippen LogP contribution in [0.2, 0.25) is 5.02 Å². The van der Waals surface area contributed by atoms with E-state index in [1.807, 2.05) is 0 Å². The molecule has 88 valence electrons. The van der Waals surface area contributed by atoms with E-state index >= 15 is 0 Å². The average Bonchev–Trinajstić information content (AvgIpc) is 2.27. The van der Waals surface area contributed by atoms with Crippen molar-refractivity contribution in [1.82, 2.24) is 0 Å². The molecule has 16 heavy (non-hydrogen) atoms. The monoisotopic (exact) mass is 245 g/mol. The highest BCUT2D eigenvalue weighted by atomic mass is 35.5. The maximum Gasteiger partial charge on any atom is 0.325 e. The molecule has 0 spiro atoms. The quantitative estimate of drug-likeness (QED) is 0.839. The number of carbonyl (C=O) groups is 1. The number of ether oxygens (including phenoxy) is 2. The van der Waals surface area contributed by atoms with Gasteiger partial charge in [-0.05, 0) is 12.1 Å². The summed E-state index contributed by atoms with van der Waals surface area (Å²) in [5.41, 5.74) is 5.72. The van der Waals surface area contributed by atoms with Crippen LogP contribution < -0.4 is 15.2 Å². The van der Waals surface area contributed by atoms with Gasteiger partial charge in [-0.15, -0.1) is 0 Å². The van der Waals surface area contributed by atoms with Gasteiger partial charge >= 0.3 is 5.97 Å². The van der Waals surface area contributed by atoms with Crippen molar-refractivity contribution in [2.75, 3.05) is 14.2 Å². The lowest BCUT2D eigenvalue weighted by Gasteiger charge is -2.15. The maximum absolute atomic E-state index is 10.8. The zero-order valence-corrected chi connectivity index (χ0v) is 9.62. The van der Waals surface area contributed by atoms with Gasteiger partial charge in [-0.1, -0.05) is 11.6 Å². The lowest BCUT2D eigenvalue weighted by Crippen LogP contribution is -2.22. The highest BCUT2D eigenvalue weighted by molar-refractivity contribution is 6.33. The summed E-state index contributed by atoms with van der Waals surface area (Å²) >= 11 is 5.98. The van der Waals surface area contributed by atoms with Crippen LogP contribution in [0.4, 0.5) is 0 Å². The summed E-state index contributed by atoms with van der Waals surface area (Å²) in [7, 11) is 2.85. The van der Waals surface area contributed by atoms with Gasteiger partial charge in [0.25, 0.3) is 0 Å². The molecule has 1 rings (SSSR count). The second kappa shape index (κ2) is 5.05. The van der Waals surface area contributed by atoms with Gasteiger partial charge < -0.3 is 20.3 Å². The minimum atomic E-state index is -1.25. The molecule has 0 bridgehead atoms. The van der Waals surface area contributed by atoms with E-state index in [0.29, 0.717) is 11.5 Å². The van der Waals surface area contributed by atoms with Gasteiger partial charge in [0.15, 0.2) is 0 Å². The van der Waals surface area contributed by atoms with Crippen molar-refractivity contribution in [3.63, 3.8) is 0 Å². The van der Waals surface area contributed by atoms with Crippen molar-refractivity contribution in [3.05, 3.63) is 22.7 Å². The molecule has 0 amide bonds. The first-order chi connectivity index (χ1) is 7.52. The summed E-state index contributed by atoms with van der Waals surface area (Å²) in [6.45, 7) is 0. The SMILES string of the molecule is COc1ccc(OC)c(C(N)C(=O)O)c1Cl. The minimum Gasteiger partial charge on any atom is -0.496 e. The van der Waals surface area contributed by atoms with Crippen LogP contribution in [0.1, 0.15) is 11.6 Å². The number of hydrogen-bond acceptors (Lipinski definition) is 4. The second-order valence-electron chi connectivity index (χ2n) is 3.01. The van der Waals surface area contributed by atoms with Gasteiger partial charge in [0.05, 0.1) is 19.2 Å². The molecule has 6 heteroatoms. The molecule has 0 aliphatic carbocycles. The topological polar surface area (TPSA) is 81.8 Å². The van der Waals surface area contributed by atoms with Crippen LogP contribution >= 0.6 is 11.6 Å². The van der Waals surface area contributed by atoms with E-state index in [0.717, 1.165) is 0 Å². The van der Waals surface area contributed by atoms with Gasteiger partial charge in [0.2, 0.25) is 0 Å². The molecule has 3 N–H and O–H groups in total. The average molecular weight is 246 g/mol. The summed E-state index contributed by atoms with van der Waals surface area (Å²) in [5, 5.41) is 9.01. The maximum atomic E-state index is 10.8. The van der Waals surface area contributed by atoms with Gasteiger partial charge in [-0.2, -0.15) is 0 Å². The molecule has 0 aliphatic rings. The fourth-order valence-electron chi connectivity index (χ4n) is 1.30. The predicted octanol–water partition coefficient (Wildman–Crippen LogP) is 1.44. The fraction of sp³-hybridized carbons (Fsp3) is 0.300. The lowest BCUT2D eigenvalue weighted by atomic mass is 10.1. The molecular weight excluding hydrogens is 234 g/mol. The van der Waals surface area contributed by atoms with Crippen LogP contribution in [0.3, 0.4) is 0 Å². The van der Waals surface area contributed by atoms with Gasteiger partial charge in [0.1, 0.15) is 17.5 Å². The van der Waals surface area contributed by atoms with E-state index < -0.39 is 12.0 Å². The van der Waals surface area contributed by atoms with Crippen molar-refractivity contribution in [2.24, 2.45) is 5.73 Å². The Hall–Kier alpha value is -1.46. The number of benzene rings is 1. The predicted molar refractivity (Wildman–Crippen MR) is 59.1 cm³/mol. The molecule has 0 fully saturated rings. The number of rotatable bonds is 4. The molecule has 1 atom stereocenters. The number of nitrogens with two attached hydrogens (primary N) is 1. The van der Waals surface area contributed by atoms with Crippen LogP contribution in [0.25, 0.3) is 0 Å². The Kier molecular flexibility index (Phi) is 3.98. The number of halogens is 1. The Morgan fingerprint density at radius 3 is 2.31 bits per heavy atom. The van der Waals surface area contributed by atoms with Crippen LogP contribution in [-0.2, 0) is 4.79 Å². The number of carboxylic acid groups (broad SMARTS) is 1. The summed E-state index contributed by atoms with van der Waals surface area (Å²) in [4.78, 5) is 10.8. The number of carboxylic acids is 1. The molecule has 1 aromatic carbocycles. The molecule has 5 nitrogen and oxygen atoms in total. The van der Waals surface area contributed by atoms with Crippen molar-refractivity contribution in [2.45, 2.75) is 6.04 Å². The van der Waals surface area contributed by atoms with Crippen LogP contribution in [0, 0.1) is 0 Å². The van der Waals surface area contributed by atoms with Gasteiger partial charge in [-0.25, -0.2) is 0 Å². The highest BCUT2D eigenvalue weighted by Crippen LogP contribution is 2.37. The van der Waals surface area contributed by atoms with Crippen molar-refractivity contribution < 1.29 is 19.4 Å². The molecule has 0 heterocycles. The van der Waals surface area contributed by atoms with E-state index in [-0.39, 0.29) is 10.6 Å². The van der Waals surface area contributed by atoms with Crippen LogP contribution in [0.5, 0.6) is 11.5 Å². The Labute approximate surface area is 97.7 Å². The van der Waals surface area contributed by atoms with Crippen molar-refractivity contribution in [3.8, 4) is 11.5 Å². The number of aliphatic carboxylic acids is 1. The van der Waals surface area contributed by atoms with Crippen molar-refractivity contribution in [1.29, 1.82) is 0 Å². The molecule has 1 unspecified atom stereocenters. The van der Waals surface area contributed by atoms with Crippen molar-refractivity contribution >= 4 is 17.6 Å². The smallest absolute Gasteiger partial charge is 0.325 e. The zero-order valence-electron chi connectivity index (χ0n) is 8.86. The Balaban J connectivity index is 3.37. The first-order valence-corrected chi connectivity index (χ1v) is 4.79. The Bertz CT molecular complexity index is 408. The van der Waals surface area contributed by atoms with Gasteiger partial charge in [-0.3, -0.25) is 4.79 Å². The summed E-state index contributed by atoms with van der Waals surface area (Å²) in [6, 6.07) is 1.89. The number of methoxy groups -OCH3 is 2. The second-order valence-corrected chi connectivity index (χ2v) is 3.39. The Morgan fingerprint density at radius 2 is 1.88 bits per heavy atom. The molecule has 0 saturated heterocycles. The van der Waals surface area contributed by atoms with Gasteiger partial charge in [0, 0.05) is 5.56 Å². The first kappa shape index (κ1) is 12.6. The minimum absolute atomic E-state index is 0.150. The lowest BCUT2D eigenvalue weighted by molar-refractivity contribution is -0.138. The van der Waals surface area contributed by atoms with E-state index in [2.05, 4.69) is 0 Å². The van der Waals surface area contributed by atoms with E-state index in [9.17, 15) is 4.79 Å². The Morgan fingerprint density at radius 1 is 1.38 bits per heavy atom. The largest absolute Gasteiger partial charge is 0.496 e. The van der Waals surface area contributed by atoms with Crippen LogP contribution in [0.15, 0.2) is 12.1 Å². The first-order valence-electron chi connectivity index (χ1n) is 4.41. The number of hydrogen-bond donors (Lipinski definition) is 2. The standard InChI is InChI=1S/C10H12ClNO4/c1-15-5-3-4-6(16-2)8(11)7(5)9(12)10(13)14/h3-4,9H,12H2,1-2H3,(H,13,14). The molecule has 0 aromatic heterocycles. The molecular formula is C10H12ClNO4. The molecule has 0 radical (unpaired) electrons. The summed E-state index contributed by atoms with van der Waals surface area (Å²) in [6.07, 6.45) is 0. The fourth-order valence-corrected chi connectivity index (χ4v) is 1.65. The van der Waals surface area contributed by atoms with E-state index in [1.54, 1.807) is 12.1 Å². The molecule has 1 aromatic rings. The summed E-state index contributed by atoms with van der Waals surface area (Å²) in [5.74, 6) is -0.511. The summed E-state index contributed by atoms with van der Waals surface area (Å²) < 4.78 is 9.99. The van der Waals surface area contributed by atoms with E-state index in [4.69, 9.17) is 31.9 Å². The third-order valence-electron chi connectivity index (χ3n) is 2.12. The molecule has 0 saturated carbocycles. The zero-order chi connectivity index (χ0) is 12.3. The van der Waals surface area contributed by atoms with Crippen LogP contribution in [-0.4, -0.2) is 25.3 Å². The van der Waals surface area contributed by atoms with E-state index in [1.165, 1.54) is 14.2 Å². The normalized spacial score (nSPS) is 12.0.